The Kier molecular flexibility index (Phi) is 33.8. The van der Waals surface area contributed by atoms with Crippen molar-refractivity contribution in [1.29, 1.82) is 0 Å². The van der Waals surface area contributed by atoms with Crippen LogP contribution in [0, 0.1) is 89.9 Å². The lowest BCUT2D eigenvalue weighted by molar-refractivity contribution is -0.457. The largest absolute Gasteiger partial charge is 0.378 e. The highest BCUT2D eigenvalue weighted by molar-refractivity contribution is 5.11. The number of aryl methyl sites for hydroxylation is 8. The molecule has 84 heavy (non-hydrogen) atoms. The second-order valence-corrected chi connectivity index (χ2v) is 25.0. The van der Waals surface area contributed by atoms with Crippen molar-refractivity contribution in [3.63, 3.8) is 0 Å². The Morgan fingerprint density at radius 3 is 0.762 bits per heavy atom. The smallest absolute Gasteiger partial charge is 0.279 e. The van der Waals surface area contributed by atoms with Crippen molar-refractivity contribution >= 4 is 0 Å². The highest BCUT2D eigenvalue weighted by atomic mass is 16.9. The lowest BCUT2D eigenvalue weighted by atomic mass is 9.92. The Morgan fingerprint density at radius 1 is 0.321 bits per heavy atom. The molecule has 4 atom stereocenters. The Hall–Kier alpha value is -4.02. The quantitative estimate of drug-likeness (QED) is 0.161. The van der Waals surface area contributed by atoms with Gasteiger partial charge in [-0.15, -0.1) is 0 Å². The Labute approximate surface area is 506 Å². The van der Waals surface area contributed by atoms with Crippen molar-refractivity contribution < 1.29 is 56.8 Å². The first kappa shape index (κ1) is 74.2. The number of hydrogen-bond acceptors (Lipinski definition) is 18. The lowest BCUT2D eigenvalue weighted by Crippen LogP contribution is -2.57. The zero-order chi connectivity index (χ0) is 62.4. The van der Waals surface area contributed by atoms with E-state index in [0.717, 1.165) is 125 Å². The molecule has 14 heterocycles. The number of fused-ring (bicyclic) bond motifs is 6. The fourth-order valence-corrected chi connectivity index (χ4v) is 7.75. The van der Waals surface area contributed by atoms with Gasteiger partial charge in [0.05, 0.1) is 78.3 Å². The van der Waals surface area contributed by atoms with E-state index in [1.165, 1.54) is 36.8 Å². The standard InChI is InChI=1S/2C7H9N.2C7H12O3.2C7H14O.2C6H8N2.2C6H12O2/c2*1-6-3-4-7(2)8-5-6;2*1-6-3-8-7(2,9-4-6)10-5-6;2*1-6-3-4-7(2)8-5-6;4*1-5-3-7-6(2)8-4-5/h2*3-5H,1-2H3;2*3-5H2,1-2H3;2*6-7H,3-5H2,1-2H3;2*3-4H,1-2H3;2*5-6H,3-4H2,1-2H3. The number of ether oxygens (including phenoxy) is 12. The summed E-state index contributed by atoms with van der Waals surface area (Å²) in [6.45, 7) is 50.3. The van der Waals surface area contributed by atoms with E-state index in [-0.39, 0.29) is 23.4 Å². The van der Waals surface area contributed by atoms with Gasteiger partial charge in [-0.05, 0) is 155 Å². The van der Waals surface area contributed by atoms with Gasteiger partial charge < -0.3 is 56.8 Å². The van der Waals surface area contributed by atoms with E-state index in [1.54, 1.807) is 0 Å². The summed E-state index contributed by atoms with van der Waals surface area (Å²) in [4.78, 5) is 24.0. The van der Waals surface area contributed by atoms with Crippen molar-refractivity contribution in [2.75, 3.05) is 79.3 Å². The van der Waals surface area contributed by atoms with Crippen molar-refractivity contribution in [1.82, 2.24) is 29.9 Å². The van der Waals surface area contributed by atoms with Crippen LogP contribution in [0.1, 0.15) is 154 Å². The van der Waals surface area contributed by atoms with E-state index in [1.807, 2.05) is 132 Å². The third-order valence-electron chi connectivity index (χ3n) is 14.0. The van der Waals surface area contributed by atoms with Crippen molar-refractivity contribution in [2.45, 2.75) is 201 Å². The van der Waals surface area contributed by atoms with Gasteiger partial charge in [-0.3, -0.25) is 9.97 Å². The number of hydrogen-bond donors (Lipinski definition) is 0. The SMILES string of the molecule is CC12COC(C)(OC1)OC2.CC12COC(C)(OC1)OC2.CC1CCC(C)OC1.CC1CCC(C)OC1.CC1COC(C)OC1.CC1COC(C)OC1.Cc1ccc(C)nc1.Cc1ccc(C)nc1.Cc1cnc(C)nc1.Cc1cnc(C)nc1. The summed E-state index contributed by atoms with van der Waals surface area (Å²) in [7, 11) is 0. The molecule has 4 bridgehead atoms. The van der Waals surface area contributed by atoms with Gasteiger partial charge in [-0.1, -0.05) is 53.7 Å². The monoisotopic (exact) mass is 1180 g/mol. The summed E-state index contributed by atoms with van der Waals surface area (Å²) in [5, 5.41) is 0. The third kappa shape index (κ3) is 33.2. The summed E-state index contributed by atoms with van der Waals surface area (Å²) in [5.74, 6) is 2.93. The molecule has 18 heteroatoms. The topological polar surface area (TPSA) is 188 Å². The van der Waals surface area contributed by atoms with Gasteiger partial charge in [0.25, 0.3) is 11.9 Å². The molecule has 18 nitrogen and oxygen atoms in total. The van der Waals surface area contributed by atoms with Gasteiger partial charge >= 0.3 is 0 Å². The minimum absolute atomic E-state index is 0.0196. The molecular weight excluding hydrogens is 1070 g/mol. The van der Waals surface area contributed by atoms with Crippen LogP contribution in [0.5, 0.6) is 0 Å². The molecule has 0 N–H and O–H groups in total. The van der Waals surface area contributed by atoms with E-state index < -0.39 is 11.9 Å². The first-order valence-corrected chi connectivity index (χ1v) is 30.4. The van der Waals surface area contributed by atoms with Crippen LogP contribution in [0.25, 0.3) is 0 Å². The molecule has 0 aromatic carbocycles. The molecule has 476 valence electrons. The molecule has 0 aliphatic carbocycles. The number of rotatable bonds is 0. The first-order chi connectivity index (χ1) is 39.5. The summed E-state index contributed by atoms with van der Waals surface area (Å²) >= 11 is 0. The summed E-state index contributed by atoms with van der Waals surface area (Å²) in [5.41, 5.74) is 7.00. The molecule has 4 aromatic rings. The predicted molar refractivity (Wildman–Crippen MR) is 328 cm³/mol. The number of aromatic nitrogens is 6. The number of pyridine rings is 2. The normalized spacial score (nSPS) is 31.4. The highest BCUT2D eigenvalue weighted by Gasteiger charge is 2.48. The maximum absolute atomic E-state index is 5.39. The summed E-state index contributed by atoms with van der Waals surface area (Å²) in [6.07, 6.45) is 17.2. The zero-order valence-corrected chi connectivity index (χ0v) is 55.3. The summed E-state index contributed by atoms with van der Waals surface area (Å²) in [6, 6.07) is 8.13. The molecule has 14 rings (SSSR count). The van der Waals surface area contributed by atoms with Gasteiger partial charge in [0, 0.05) is 98.3 Å². The van der Waals surface area contributed by atoms with Crippen LogP contribution in [0.15, 0.2) is 61.4 Å². The van der Waals surface area contributed by atoms with E-state index in [9.17, 15) is 0 Å². The Balaban J connectivity index is 0.000000245. The first-order valence-electron chi connectivity index (χ1n) is 30.4. The van der Waals surface area contributed by atoms with E-state index in [0.29, 0.717) is 24.0 Å². The molecule has 10 aliphatic heterocycles. The molecule has 0 spiro atoms. The third-order valence-corrected chi connectivity index (χ3v) is 14.0. The van der Waals surface area contributed by atoms with E-state index in [4.69, 9.17) is 56.8 Å². The maximum atomic E-state index is 5.39. The molecule has 10 fully saturated rings. The average molecular weight is 1180 g/mol. The van der Waals surface area contributed by atoms with Crippen LogP contribution in [0.4, 0.5) is 0 Å². The fourth-order valence-electron chi connectivity index (χ4n) is 7.75. The van der Waals surface area contributed by atoms with E-state index >= 15 is 0 Å². The predicted octanol–water partition coefficient (Wildman–Crippen LogP) is 12.7. The van der Waals surface area contributed by atoms with Crippen LogP contribution in [-0.2, 0) is 56.8 Å². The Bertz CT molecular complexity index is 1800. The second-order valence-electron chi connectivity index (χ2n) is 25.0. The zero-order valence-electron chi connectivity index (χ0n) is 55.3. The van der Waals surface area contributed by atoms with Crippen LogP contribution in [-0.4, -0.2) is 146 Å². The van der Waals surface area contributed by atoms with Gasteiger partial charge in [-0.2, -0.15) is 0 Å². The van der Waals surface area contributed by atoms with Crippen LogP contribution in [0.2, 0.25) is 0 Å². The van der Waals surface area contributed by atoms with Crippen LogP contribution >= 0.6 is 0 Å². The van der Waals surface area contributed by atoms with Crippen molar-refractivity contribution in [3.8, 4) is 0 Å². The molecule has 0 saturated carbocycles. The molecule has 10 saturated heterocycles. The van der Waals surface area contributed by atoms with Crippen molar-refractivity contribution in [3.05, 3.63) is 107 Å². The molecular formula is C66H110N6O12. The van der Waals surface area contributed by atoms with Gasteiger partial charge in [-0.25, -0.2) is 19.9 Å². The van der Waals surface area contributed by atoms with Crippen molar-refractivity contribution in [2.24, 2.45) is 34.5 Å². The maximum Gasteiger partial charge on any atom is 0.279 e. The lowest BCUT2D eigenvalue weighted by Gasteiger charge is -2.48. The van der Waals surface area contributed by atoms with Gasteiger partial charge in [0.15, 0.2) is 12.6 Å². The minimum atomic E-state index is -0.738. The van der Waals surface area contributed by atoms with Gasteiger partial charge in [0.1, 0.15) is 11.6 Å². The van der Waals surface area contributed by atoms with Crippen LogP contribution in [0.3, 0.4) is 0 Å². The average Bonchev–Trinajstić information content (AvgIpc) is 3.58. The molecule has 4 unspecified atom stereocenters. The second kappa shape index (κ2) is 38.3. The molecule has 0 amide bonds. The molecule has 0 radical (unpaired) electrons. The van der Waals surface area contributed by atoms with Crippen LogP contribution < -0.4 is 0 Å². The fraction of sp³-hybridized carbons (Fsp3) is 0.727. The highest BCUT2D eigenvalue weighted by Crippen LogP contribution is 2.38. The number of nitrogens with zero attached hydrogens (tertiary/aromatic N) is 6. The molecule has 4 aromatic heterocycles. The molecule has 10 aliphatic rings. The summed E-state index contributed by atoms with van der Waals surface area (Å²) < 4.78 is 63.4. The Morgan fingerprint density at radius 2 is 0.583 bits per heavy atom. The van der Waals surface area contributed by atoms with Gasteiger partial charge in [0.2, 0.25) is 0 Å². The van der Waals surface area contributed by atoms with E-state index in [2.05, 4.69) is 97.4 Å². The minimum Gasteiger partial charge on any atom is -0.378 e.